The number of amides is 1. The van der Waals surface area contributed by atoms with Gasteiger partial charge in [-0.15, -0.1) is 0 Å². The zero-order valence-electron chi connectivity index (χ0n) is 10.5. The van der Waals surface area contributed by atoms with Crippen LogP contribution in [0.25, 0.3) is 0 Å². The molecule has 2 rings (SSSR count). The summed E-state index contributed by atoms with van der Waals surface area (Å²) < 4.78 is 1.44. The van der Waals surface area contributed by atoms with Gasteiger partial charge in [0.05, 0.1) is 0 Å². The summed E-state index contributed by atoms with van der Waals surface area (Å²) in [6, 6.07) is 3.05. The molecule has 98 valence electrons. The van der Waals surface area contributed by atoms with Gasteiger partial charge in [-0.2, -0.15) is 0 Å². The number of aliphatic hydroxyl groups is 1. The van der Waals surface area contributed by atoms with Gasteiger partial charge in [0, 0.05) is 44.6 Å². The minimum atomic E-state index is -0.174. The van der Waals surface area contributed by atoms with Crippen LogP contribution in [0.2, 0.25) is 0 Å². The first-order chi connectivity index (χ1) is 8.61. The summed E-state index contributed by atoms with van der Waals surface area (Å²) >= 11 is 0. The summed E-state index contributed by atoms with van der Waals surface area (Å²) in [7, 11) is 1.66. The molecule has 5 heteroatoms. The molecule has 1 saturated heterocycles. The highest BCUT2D eigenvalue weighted by Gasteiger charge is 2.26. The van der Waals surface area contributed by atoms with Gasteiger partial charge in [0.2, 0.25) is 0 Å². The molecular weight excluding hydrogens is 232 g/mol. The van der Waals surface area contributed by atoms with Gasteiger partial charge in [0.15, 0.2) is 0 Å². The van der Waals surface area contributed by atoms with Crippen LogP contribution in [-0.4, -0.2) is 40.2 Å². The van der Waals surface area contributed by atoms with Gasteiger partial charge in [0.25, 0.3) is 11.5 Å². The first kappa shape index (κ1) is 12.8. The van der Waals surface area contributed by atoms with Gasteiger partial charge in [-0.3, -0.25) is 9.59 Å². The van der Waals surface area contributed by atoms with Crippen LogP contribution in [0.1, 0.15) is 23.2 Å². The van der Waals surface area contributed by atoms with E-state index in [0.29, 0.717) is 24.6 Å². The third kappa shape index (κ3) is 2.61. The molecule has 0 saturated carbocycles. The number of hydrogen-bond acceptors (Lipinski definition) is 3. The Kier molecular flexibility index (Phi) is 3.81. The fraction of sp³-hybridized carbons (Fsp3) is 0.538. The molecule has 1 aliphatic heterocycles. The summed E-state index contributed by atoms with van der Waals surface area (Å²) in [6.45, 7) is 1.55. The molecule has 1 aliphatic rings. The average molecular weight is 250 g/mol. The lowest BCUT2D eigenvalue weighted by atomic mass is 10.1. The standard InChI is InChI=1S/C13H18N2O3/c1-14-5-3-11(8-12(14)17)13(18)15-6-2-10(9-15)4-7-16/h3,5,8,10,16H,2,4,6-7,9H2,1H3. The van der Waals surface area contributed by atoms with Crippen LogP contribution >= 0.6 is 0 Å². The van der Waals surface area contributed by atoms with Crippen molar-refractivity contribution in [3.8, 4) is 0 Å². The summed E-state index contributed by atoms with van der Waals surface area (Å²) in [5, 5.41) is 8.89. The topological polar surface area (TPSA) is 62.5 Å². The summed E-state index contributed by atoms with van der Waals surface area (Å²) in [6.07, 6.45) is 3.27. The molecule has 1 amide bonds. The van der Waals surface area contributed by atoms with Gasteiger partial charge >= 0.3 is 0 Å². The number of aromatic nitrogens is 1. The van der Waals surface area contributed by atoms with Crippen molar-refractivity contribution in [1.29, 1.82) is 0 Å². The van der Waals surface area contributed by atoms with Crippen LogP contribution in [0.5, 0.6) is 0 Å². The number of pyridine rings is 1. The highest BCUT2D eigenvalue weighted by atomic mass is 16.3. The third-order valence-electron chi connectivity index (χ3n) is 3.46. The average Bonchev–Trinajstić information content (AvgIpc) is 2.81. The second-order valence-corrected chi connectivity index (χ2v) is 4.78. The molecule has 5 nitrogen and oxygen atoms in total. The maximum Gasteiger partial charge on any atom is 0.254 e. The molecule has 0 radical (unpaired) electrons. The molecule has 1 unspecified atom stereocenters. The number of nitrogens with zero attached hydrogens (tertiary/aromatic N) is 2. The Morgan fingerprint density at radius 2 is 2.33 bits per heavy atom. The second-order valence-electron chi connectivity index (χ2n) is 4.78. The van der Waals surface area contributed by atoms with E-state index < -0.39 is 0 Å². The zero-order valence-corrected chi connectivity index (χ0v) is 10.5. The van der Waals surface area contributed by atoms with E-state index >= 15 is 0 Å². The molecule has 18 heavy (non-hydrogen) atoms. The highest BCUT2D eigenvalue weighted by molar-refractivity contribution is 5.94. The fourth-order valence-electron chi connectivity index (χ4n) is 2.30. The molecule has 0 aromatic carbocycles. The maximum atomic E-state index is 12.2. The van der Waals surface area contributed by atoms with Crippen LogP contribution in [0, 0.1) is 5.92 Å². The SMILES string of the molecule is Cn1ccc(C(=O)N2CCC(CCO)C2)cc1=O. The number of rotatable bonds is 3. The largest absolute Gasteiger partial charge is 0.396 e. The lowest BCUT2D eigenvalue weighted by Crippen LogP contribution is -2.30. The van der Waals surface area contributed by atoms with E-state index in [0.717, 1.165) is 12.8 Å². The van der Waals surface area contributed by atoms with Crippen LogP contribution < -0.4 is 5.56 Å². The van der Waals surface area contributed by atoms with Gasteiger partial charge in [-0.25, -0.2) is 0 Å². The monoisotopic (exact) mass is 250 g/mol. The van der Waals surface area contributed by atoms with Crippen LogP contribution in [0.15, 0.2) is 23.1 Å². The van der Waals surface area contributed by atoms with Crippen molar-refractivity contribution in [2.45, 2.75) is 12.8 Å². The molecule has 0 bridgehead atoms. The van der Waals surface area contributed by atoms with Crippen molar-refractivity contribution >= 4 is 5.91 Å². The zero-order chi connectivity index (χ0) is 13.1. The van der Waals surface area contributed by atoms with Gasteiger partial charge < -0.3 is 14.6 Å². The lowest BCUT2D eigenvalue weighted by Gasteiger charge is -2.16. The quantitative estimate of drug-likeness (QED) is 0.835. The van der Waals surface area contributed by atoms with Gasteiger partial charge in [-0.1, -0.05) is 0 Å². The van der Waals surface area contributed by atoms with Gasteiger partial charge in [-0.05, 0) is 24.8 Å². The van der Waals surface area contributed by atoms with Crippen LogP contribution in [-0.2, 0) is 7.05 Å². The number of aryl methyl sites for hydroxylation is 1. The summed E-state index contributed by atoms with van der Waals surface area (Å²) in [5.74, 6) is 0.290. The van der Waals surface area contributed by atoms with Crippen LogP contribution in [0.4, 0.5) is 0 Å². The number of likely N-dealkylation sites (tertiary alicyclic amines) is 1. The molecule has 0 aliphatic carbocycles. The Bertz CT molecular complexity index is 495. The predicted molar refractivity (Wildman–Crippen MR) is 67.4 cm³/mol. The van der Waals surface area contributed by atoms with E-state index in [2.05, 4.69) is 0 Å². The van der Waals surface area contributed by atoms with E-state index in [9.17, 15) is 9.59 Å². The van der Waals surface area contributed by atoms with Crippen molar-refractivity contribution in [2.75, 3.05) is 19.7 Å². The Hall–Kier alpha value is -1.62. The Morgan fingerprint density at radius 1 is 1.56 bits per heavy atom. The predicted octanol–water partition coefficient (Wildman–Crippen LogP) is 0.230. The normalized spacial score (nSPS) is 19.2. The van der Waals surface area contributed by atoms with Gasteiger partial charge in [0.1, 0.15) is 0 Å². The van der Waals surface area contributed by atoms with Crippen molar-refractivity contribution in [1.82, 2.24) is 9.47 Å². The minimum absolute atomic E-state index is 0.0897. The van der Waals surface area contributed by atoms with Crippen molar-refractivity contribution < 1.29 is 9.90 Å². The molecule has 1 aromatic rings. The first-order valence-corrected chi connectivity index (χ1v) is 6.18. The Morgan fingerprint density at radius 3 is 3.00 bits per heavy atom. The van der Waals surface area contributed by atoms with Crippen molar-refractivity contribution in [3.63, 3.8) is 0 Å². The molecular formula is C13H18N2O3. The smallest absolute Gasteiger partial charge is 0.254 e. The van der Waals surface area contributed by atoms with Crippen molar-refractivity contribution in [2.24, 2.45) is 13.0 Å². The number of carbonyl (C=O) groups excluding carboxylic acids is 1. The maximum absolute atomic E-state index is 12.2. The van der Waals surface area contributed by atoms with E-state index in [1.54, 1.807) is 24.2 Å². The molecule has 1 fully saturated rings. The van der Waals surface area contributed by atoms with E-state index in [1.807, 2.05) is 0 Å². The Balaban J connectivity index is 2.08. The molecule has 1 aromatic heterocycles. The Labute approximate surface area is 106 Å². The number of hydrogen-bond donors (Lipinski definition) is 1. The lowest BCUT2D eigenvalue weighted by molar-refractivity contribution is 0.0784. The minimum Gasteiger partial charge on any atom is -0.396 e. The molecule has 0 spiro atoms. The third-order valence-corrected chi connectivity index (χ3v) is 3.46. The number of carbonyl (C=O) groups is 1. The van der Waals surface area contributed by atoms with E-state index in [4.69, 9.17) is 5.11 Å². The molecule has 2 heterocycles. The second kappa shape index (κ2) is 5.35. The highest BCUT2D eigenvalue weighted by Crippen LogP contribution is 2.20. The van der Waals surface area contributed by atoms with E-state index in [-0.39, 0.29) is 18.1 Å². The van der Waals surface area contributed by atoms with Crippen molar-refractivity contribution in [3.05, 3.63) is 34.2 Å². The first-order valence-electron chi connectivity index (χ1n) is 6.18. The summed E-state index contributed by atoms with van der Waals surface area (Å²) in [4.78, 5) is 25.4. The van der Waals surface area contributed by atoms with E-state index in [1.165, 1.54) is 10.6 Å². The fourth-order valence-corrected chi connectivity index (χ4v) is 2.30. The summed E-state index contributed by atoms with van der Waals surface area (Å²) in [5.41, 5.74) is 0.273. The molecule has 1 N–H and O–H groups in total. The van der Waals surface area contributed by atoms with Crippen LogP contribution in [0.3, 0.4) is 0 Å². The molecule has 1 atom stereocenters. The number of aliphatic hydroxyl groups excluding tert-OH is 1.